The van der Waals surface area contributed by atoms with Crippen LogP contribution in [0.15, 0.2) is 47.8 Å². The maximum atomic E-state index is 12.7. The zero-order valence-corrected chi connectivity index (χ0v) is 15.9. The summed E-state index contributed by atoms with van der Waals surface area (Å²) < 4.78 is 0. The number of carbonyl (C=O) groups is 2. The van der Waals surface area contributed by atoms with Crippen LogP contribution in [0.5, 0.6) is 0 Å². The lowest BCUT2D eigenvalue weighted by Crippen LogP contribution is -2.48. The fraction of sp³-hybridized carbons (Fsp3) is 0.400. The number of carbonyl (C=O) groups excluding carboxylic acids is 2. The number of rotatable bonds is 6. The molecule has 3 rings (SSSR count). The van der Waals surface area contributed by atoms with E-state index in [4.69, 9.17) is 0 Å². The summed E-state index contributed by atoms with van der Waals surface area (Å²) in [6, 6.07) is 13.7. The first-order chi connectivity index (χ1) is 12.7. The molecule has 0 spiro atoms. The Morgan fingerprint density at radius 1 is 1.15 bits per heavy atom. The smallest absolute Gasteiger partial charge is 0.261 e. The molecule has 1 aromatic carbocycles. The van der Waals surface area contributed by atoms with E-state index in [1.54, 1.807) is 0 Å². The Morgan fingerprint density at radius 2 is 1.88 bits per heavy atom. The number of likely N-dealkylation sites (N-methyl/N-ethyl adjacent to an activating group) is 1. The van der Waals surface area contributed by atoms with E-state index in [1.807, 2.05) is 59.7 Å². The zero-order valence-electron chi connectivity index (χ0n) is 15.1. The fourth-order valence-corrected chi connectivity index (χ4v) is 3.91. The van der Waals surface area contributed by atoms with E-state index in [0.717, 1.165) is 36.5 Å². The molecule has 5 nitrogen and oxygen atoms in total. The maximum absolute atomic E-state index is 12.7. The van der Waals surface area contributed by atoms with E-state index in [1.165, 1.54) is 11.3 Å². The normalized spacial score (nSPS) is 15.6. The number of nitrogens with zero attached hydrogens (tertiary/aromatic N) is 2. The van der Waals surface area contributed by atoms with Gasteiger partial charge in [0.1, 0.15) is 0 Å². The molecule has 2 aromatic rings. The van der Waals surface area contributed by atoms with Crippen molar-refractivity contribution in [2.24, 2.45) is 0 Å². The van der Waals surface area contributed by atoms with E-state index >= 15 is 0 Å². The number of likely N-dealkylation sites (tertiary alicyclic amines) is 1. The molecular weight excluding hydrogens is 346 g/mol. The molecule has 26 heavy (non-hydrogen) atoms. The summed E-state index contributed by atoms with van der Waals surface area (Å²) in [5, 5.41) is 5.02. The van der Waals surface area contributed by atoms with Crippen molar-refractivity contribution in [1.82, 2.24) is 10.2 Å². The number of nitrogens with one attached hydrogen (secondary N) is 1. The Hall–Kier alpha value is -2.18. The van der Waals surface area contributed by atoms with Crippen molar-refractivity contribution < 1.29 is 9.59 Å². The van der Waals surface area contributed by atoms with Gasteiger partial charge in [0.15, 0.2) is 0 Å². The molecular formula is C20H25N3O2S. The highest BCUT2D eigenvalue weighted by molar-refractivity contribution is 7.12. The standard InChI is InChI=1S/C20H25N3O2S/c1-2-23(17-7-4-3-5-8-17)19(24)15-22-12-10-16(11-13-22)21-20(25)18-9-6-14-26-18/h3-9,14,16H,2,10-13,15H2,1H3,(H,21,25). The van der Waals surface area contributed by atoms with Gasteiger partial charge in [-0.25, -0.2) is 0 Å². The highest BCUT2D eigenvalue weighted by Gasteiger charge is 2.24. The van der Waals surface area contributed by atoms with E-state index in [9.17, 15) is 9.59 Å². The molecule has 0 saturated carbocycles. The molecule has 2 heterocycles. The third-order valence-corrected chi connectivity index (χ3v) is 5.58. The molecule has 2 amide bonds. The van der Waals surface area contributed by atoms with Crippen molar-refractivity contribution in [2.45, 2.75) is 25.8 Å². The van der Waals surface area contributed by atoms with Crippen LogP contribution < -0.4 is 10.2 Å². The van der Waals surface area contributed by atoms with Gasteiger partial charge in [0.05, 0.1) is 11.4 Å². The SMILES string of the molecule is CCN(C(=O)CN1CCC(NC(=O)c2cccs2)CC1)c1ccccc1. The number of para-hydroxylation sites is 1. The zero-order chi connectivity index (χ0) is 18.4. The predicted octanol–water partition coefficient (Wildman–Crippen LogP) is 3.00. The summed E-state index contributed by atoms with van der Waals surface area (Å²) >= 11 is 1.46. The minimum atomic E-state index is 0.00996. The largest absolute Gasteiger partial charge is 0.349 e. The summed E-state index contributed by atoms with van der Waals surface area (Å²) in [7, 11) is 0. The van der Waals surface area contributed by atoms with Crippen LogP contribution in [0.1, 0.15) is 29.4 Å². The number of thiophene rings is 1. The van der Waals surface area contributed by atoms with Crippen LogP contribution in [0.25, 0.3) is 0 Å². The van der Waals surface area contributed by atoms with Gasteiger partial charge < -0.3 is 10.2 Å². The van der Waals surface area contributed by atoms with Gasteiger partial charge in [-0.1, -0.05) is 24.3 Å². The maximum Gasteiger partial charge on any atom is 0.261 e. The lowest BCUT2D eigenvalue weighted by atomic mass is 10.0. The second-order valence-electron chi connectivity index (χ2n) is 6.47. The minimum Gasteiger partial charge on any atom is -0.349 e. The molecule has 0 bridgehead atoms. The second kappa shape index (κ2) is 8.96. The first kappa shape index (κ1) is 18.6. The molecule has 1 aliphatic rings. The van der Waals surface area contributed by atoms with E-state index < -0.39 is 0 Å². The molecule has 6 heteroatoms. The number of piperidine rings is 1. The van der Waals surface area contributed by atoms with Gasteiger partial charge in [-0.2, -0.15) is 0 Å². The van der Waals surface area contributed by atoms with Crippen LogP contribution in [-0.2, 0) is 4.79 Å². The third-order valence-electron chi connectivity index (χ3n) is 4.71. The third kappa shape index (κ3) is 4.71. The van der Waals surface area contributed by atoms with Crippen LogP contribution in [0.4, 0.5) is 5.69 Å². The van der Waals surface area contributed by atoms with Gasteiger partial charge in [0.25, 0.3) is 5.91 Å². The van der Waals surface area contributed by atoms with Crippen molar-refractivity contribution in [3.8, 4) is 0 Å². The molecule has 1 fully saturated rings. The van der Waals surface area contributed by atoms with Gasteiger partial charge in [0.2, 0.25) is 5.91 Å². The van der Waals surface area contributed by atoms with Crippen LogP contribution in [0.2, 0.25) is 0 Å². The summed E-state index contributed by atoms with van der Waals surface area (Å²) in [5.74, 6) is 0.135. The van der Waals surface area contributed by atoms with E-state index in [0.29, 0.717) is 13.1 Å². The van der Waals surface area contributed by atoms with Crippen molar-refractivity contribution in [3.63, 3.8) is 0 Å². The Morgan fingerprint density at radius 3 is 2.50 bits per heavy atom. The minimum absolute atomic E-state index is 0.00996. The molecule has 0 radical (unpaired) electrons. The number of hydrogen-bond donors (Lipinski definition) is 1. The summed E-state index contributed by atoms with van der Waals surface area (Å²) in [4.78, 5) is 29.6. The van der Waals surface area contributed by atoms with Crippen molar-refractivity contribution >= 4 is 28.8 Å². The van der Waals surface area contributed by atoms with Crippen molar-refractivity contribution in [2.75, 3.05) is 31.1 Å². The summed E-state index contributed by atoms with van der Waals surface area (Å²) in [5.41, 5.74) is 0.943. The summed E-state index contributed by atoms with van der Waals surface area (Å²) in [6.45, 7) is 4.74. The number of hydrogen-bond acceptors (Lipinski definition) is 4. The van der Waals surface area contributed by atoms with Gasteiger partial charge in [0, 0.05) is 31.4 Å². The van der Waals surface area contributed by atoms with Crippen LogP contribution in [-0.4, -0.2) is 48.9 Å². The van der Waals surface area contributed by atoms with Crippen molar-refractivity contribution in [3.05, 3.63) is 52.7 Å². The molecule has 0 aliphatic carbocycles. The summed E-state index contributed by atoms with van der Waals surface area (Å²) in [6.07, 6.45) is 1.75. The molecule has 1 aromatic heterocycles. The lowest BCUT2D eigenvalue weighted by molar-refractivity contribution is -0.120. The first-order valence-corrected chi connectivity index (χ1v) is 9.97. The van der Waals surface area contributed by atoms with Gasteiger partial charge in [-0.3, -0.25) is 14.5 Å². The highest BCUT2D eigenvalue weighted by Crippen LogP contribution is 2.16. The van der Waals surface area contributed by atoms with Gasteiger partial charge in [-0.05, 0) is 43.3 Å². The van der Waals surface area contributed by atoms with Crippen LogP contribution in [0, 0.1) is 0 Å². The monoisotopic (exact) mass is 371 g/mol. The van der Waals surface area contributed by atoms with Crippen molar-refractivity contribution in [1.29, 1.82) is 0 Å². The van der Waals surface area contributed by atoms with Gasteiger partial charge >= 0.3 is 0 Å². The van der Waals surface area contributed by atoms with E-state index in [-0.39, 0.29) is 17.9 Å². The average molecular weight is 372 g/mol. The second-order valence-corrected chi connectivity index (χ2v) is 7.42. The lowest BCUT2D eigenvalue weighted by Gasteiger charge is -2.33. The Labute approximate surface area is 158 Å². The Kier molecular flexibility index (Phi) is 6.41. The first-order valence-electron chi connectivity index (χ1n) is 9.09. The number of benzene rings is 1. The molecule has 0 unspecified atom stereocenters. The van der Waals surface area contributed by atoms with E-state index in [2.05, 4.69) is 10.2 Å². The average Bonchev–Trinajstić information content (AvgIpc) is 3.20. The molecule has 1 aliphatic heterocycles. The Bertz CT molecular complexity index is 710. The van der Waals surface area contributed by atoms with Crippen LogP contribution >= 0.6 is 11.3 Å². The topological polar surface area (TPSA) is 52.7 Å². The Balaban J connectivity index is 1.47. The molecule has 1 saturated heterocycles. The molecule has 138 valence electrons. The number of anilines is 1. The number of amides is 2. The quantitative estimate of drug-likeness (QED) is 0.849. The van der Waals surface area contributed by atoms with Crippen LogP contribution in [0.3, 0.4) is 0 Å². The van der Waals surface area contributed by atoms with Gasteiger partial charge in [-0.15, -0.1) is 11.3 Å². The highest BCUT2D eigenvalue weighted by atomic mass is 32.1. The molecule has 1 N–H and O–H groups in total. The fourth-order valence-electron chi connectivity index (χ4n) is 3.29. The molecule has 0 atom stereocenters. The predicted molar refractivity (Wildman–Crippen MR) is 106 cm³/mol.